The van der Waals surface area contributed by atoms with Gasteiger partial charge in [0, 0.05) is 58.9 Å². The molecule has 57 heavy (non-hydrogen) atoms. The van der Waals surface area contributed by atoms with Crippen LogP contribution in [0.1, 0.15) is 107 Å². The molecule has 0 unspecified atom stereocenters. The smallest absolute Gasteiger partial charge is 0.0214 e. The molecule has 9 nitrogen and oxygen atoms in total. The van der Waals surface area contributed by atoms with E-state index >= 15 is 0 Å². The van der Waals surface area contributed by atoms with Crippen LogP contribution in [0.3, 0.4) is 0 Å². The van der Waals surface area contributed by atoms with Gasteiger partial charge in [0.1, 0.15) is 0 Å². The van der Waals surface area contributed by atoms with Crippen LogP contribution in [0.25, 0.3) is 0 Å². The Balaban J connectivity index is 1.51. The highest BCUT2D eigenvalue weighted by atomic mass is 14.9. The van der Waals surface area contributed by atoms with E-state index in [2.05, 4.69) is 125 Å². The Hall–Kier alpha value is -3.48. The standard InChI is InChI=1S/C48H75N9/c1-4-43-46(34-55-31-40-16-10-37(11-17-40)28-52-25-7-22-49)44(5-2)48(36-57-33-42-20-14-39(15-21-42)30-54-27-9-24-51)45(6-3)47(43)35-56-32-41-18-12-38(13-19-41)29-53-26-8-23-50/h10-21,52-57H,4-9,22-36,49-51H2,1-3H3. The molecular weight excluding hydrogens is 703 g/mol. The maximum Gasteiger partial charge on any atom is 0.0214 e. The minimum absolute atomic E-state index is 0.723. The molecule has 0 aliphatic heterocycles. The largest absolute Gasteiger partial charge is 0.330 e. The molecule has 9 heteroatoms. The van der Waals surface area contributed by atoms with E-state index in [4.69, 9.17) is 17.2 Å². The molecule has 12 N–H and O–H groups in total. The molecule has 0 saturated carbocycles. The van der Waals surface area contributed by atoms with E-state index < -0.39 is 0 Å². The van der Waals surface area contributed by atoms with E-state index in [1.807, 2.05) is 0 Å². The zero-order valence-corrected chi connectivity index (χ0v) is 35.5. The number of hydrogen-bond donors (Lipinski definition) is 9. The second kappa shape index (κ2) is 27.3. The Kier molecular flexibility index (Phi) is 22.1. The van der Waals surface area contributed by atoms with E-state index in [-0.39, 0.29) is 0 Å². The zero-order valence-electron chi connectivity index (χ0n) is 35.5. The van der Waals surface area contributed by atoms with Gasteiger partial charge in [-0.25, -0.2) is 0 Å². The number of nitrogens with one attached hydrogen (secondary N) is 6. The van der Waals surface area contributed by atoms with Gasteiger partial charge in [0.25, 0.3) is 0 Å². The first-order valence-electron chi connectivity index (χ1n) is 21.8. The van der Waals surface area contributed by atoms with Crippen molar-refractivity contribution in [1.82, 2.24) is 31.9 Å². The predicted octanol–water partition coefficient (Wildman–Crippen LogP) is 5.56. The minimum atomic E-state index is 0.723. The molecule has 4 rings (SSSR count). The van der Waals surface area contributed by atoms with Gasteiger partial charge in [-0.1, -0.05) is 93.6 Å². The Morgan fingerprint density at radius 2 is 0.509 bits per heavy atom. The van der Waals surface area contributed by atoms with Gasteiger partial charge in [0.05, 0.1) is 0 Å². The average molecular weight is 778 g/mol. The van der Waals surface area contributed by atoms with Gasteiger partial charge in [0.15, 0.2) is 0 Å². The van der Waals surface area contributed by atoms with Crippen molar-refractivity contribution in [3.63, 3.8) is 0 Å². The van der Waals surface area contributed by atoms with Crippen molar-refractivity contribution in [2.45, 2.75) is 118 Å². The summed E-state index contributed by atoms with van der Waals surface area (Å²) in [6, 6.07) is 27.0. The molecule has 0 bridgehead atoms. The maximum atomic E-state index is 5.65. The monoisotopic (exact) mass is 778 g/mol. The molecule has 4 aromatic carbocycles. The number of hydrogen-bond acceptors (Lipinski definition) is 9. The van der Waals surface area contributed by atoms with Crippen molar-refractivity contribution in [3.8, 4) is 0 Å². The van der Waals surface area contributed by atoms with Crippen LogP contribution < -0.4 is 49.1 Å². The summed E-state index contributed by atoms with van der Waals surface area (Å²) in [5, 5.41) is 22.0. The van der Waals surface area contributed by atoms with Crippen LogP contribution in [0.4, 0.5) is 0 Å². The maximum absolute atomic E-state index is 5.65. The second-order valence-electron chi connectivity index (χ2n) is 15.1. The summed E-state index contributed by atoms with van der Waals surface area (Å²) in [5.74, 6) is 0. The predicted molar refractivity (Wildman–Crippen MR) is 242 cm³/mol. The summed E-state index contributed by atoms with van der Waals surface area (Å²) in [5.41, 5.74) is 33.7. The third-order valence-corrected chi connectivity index (χ3v) is 10.9. The second-order valence-corrected chi connectivity index (χ2v) is 15.1. The van der Waals surface area contributed by atoms with Crippen LogP contribution >= 0.6 is 0 Å². The highest BCUT2D eigenvalue weighted by molar-refractivity contribution is 5.53. The first kappa shape index (κ1) is 46.2. The molecule has 0 spiro atoms. The molecule has 4 aromatic rings. The van der Waals surface area contributed by atoms with E-state index in [0.717, 1.165) is 137 Å². The van der Waals surface area contributed by atoms with Crippen LogP contribution in [-0.4, -0.2) is 39.3 Å². The molecule has 0 fully saturated rings. The van der Waals surface area contributed by atoms with Crippen molar-refractivity contribution < 1.29 is 0 Å². The Morgan fingerprint density at radius 1 is 0.298 bits per heavy atom. The normalized spacial score (nSPS) is 11.5. The lowest BCUT2D eigenvalue weighted by atomic mass is 9.83. The Morgan fingerprint density at radius 3 is 0.702 bits per heavy atom. The van der Waals surface area contributed by atoms with Gasteiger partial charge in [0.2, 0.25) is 0 Å². The number of benzene rings is 4. The Labute approximate surface area is 345 Å². The highest BCUT2D eigenvalue weighted by Crippen LogP contribution is 2.31. The van der Waals surface area contributed by atoms with Crippen molar-refractivity contribution in [3.05, 3.63) is 140 Å². The van der Waals surface area contributed by atoms with Crippen LogP contribution in [-0.2, 0) is 78.2 Å². The zero-order chi connectivity index (χ0) is 40.5. The van der Waals surface area contributed by atoms with Gasteiger partial charge >= 0.3 is 0 Å². The fraction of sp³-hybridized carbons (Fsp3) is 0.500. The van der Waals surface area contributed by atoms with Gasteiger partial charge in [-0.3, -0.25) is 0 Å². The van der Waals surface area contributed by atoms with Gasteiger partial charge in [-0.15, -0.1) is 0 Å². The summed E-state index contributed by atoms with van der Waals surface area (Å²) < 4.78 is 0. The quantitative estimate of drug-likeness (QED) is 0.0311. The highest BCUT2D eigenvalue weighted by Gasteiger charge is 2.21. The van der Waals surface area contributed by atoms with Crippen molar-refractivity contribution >= 4 is 0 Å². The summed E-state index contributed by atoms with van der Waals surface area (Å²) in [6.07, 6.45) is 6.02. The van der Waals surface area contributed by atoms with E-state index in [1.165, 1.54) is 66.8 Å². The molecule has 0 atom stereocenters. The number of rotatable bonds is 30. The summed E-state index contributed by atoms with van der Waals surface area (Å²) in [6.45, 7) is 19.7. The number of nitrogens with two attached hydrogens (primary N) is 3. The minimum Gasteiger partial charge on any atom is -0.330 e. The van der Waals surface area contributed by atoms with Crippen molar-refractivity contribution in [1.29, 1.82) is 0 Å². The molecule has 0 aromatic heterocycles. The van der Waals surface area contributed by atoms with Crippen molar-refractivity contribution in [2.75, 3.05) is 39.3 Å². The summed E-state index contributed by atoms with van der Waals surface area (Å²) in [7, 11) is 0. The molecular formula is C48H75N9. The molecule has 0 aliphatic carbocycles. The lowest BCUT2D eigenvalue weighted by Crippen LogP contribution is -2.24. The fourth-order valence-corrected chi connectivity index (χ4v) is 7.71. The molecule has 0 amide bonds. The summed E-state index contributed by atoms with van der Waals surface area (Å²) in [4.78, 5) is 0. The molecule has 0 radical (unpaired) electrons. The van der Waals surface area contributed by atoms with E-state index in [0.29, 0.717) is 0 Å². The third kappa shape index (κ3) is 15.7. The van der Waals surface area contributed by atoms with Gasteiger partial charge in [-0.05, 0) is 145 Å². The first-order chi connectivity index (χ1) is 28.0. The van der Waals surface area contributed by atoms with E-state index in [1.54, 1.807) is 0 Å². The fourth-order valence-electron chi connectivity index (χ4n) is 7.71. The van der Waals surface area contributed by atoms with Crippen molar-refractivity contribution in [2.24, 2.45) is 17.2 Å². The summed E-state index contributed by atoms with van der Waals surface area (Å²) >= 11 is 0. The van der Waals surface area contributed by atoms with Crippen LogP contribution in [0.2, 0.25) is 0 Å². The molecule has 312 valence electrons. The van der Waals surface area contributed by atoms with E-state index in [9.17, 15) is 0 Å². The lowest BCUT2D eigenvalue weighted by Gasteiger charge is -2.27. The van der Waals surface area contributed by atoms with Crippen LogP contribution in [0, 0.1) is 0 Å². The lowest BCUT2D eigenvalue weighted by molar-refractivity contribution is 0.642. The SMILES string of the molecule is CCc1c(CNCc2ccc(CNCCCN)cc2)c(CC)c(CNCc2ccc(CNCCCN)cc2)c(CC)c1CNCc1ccc(CNCCCN)cc1. The molecule has 0 aliphatic rings. The molecule has 0 heterocycles. The topological polar surface area (TPSA) is 150 Å². The third-order valence-electron chi connectivity index (χ3n) is 10.9. The average Bonchev–Trinajstić information content (AvgIpc) is 3.24. The van der Waals surface area contributed by atoms with Crippen LogP contribution in [0.15, 0.2) is 72.8 Å². The van der Waals surface area contributed by atoms with Gasteiger partial charge in [-0.2, -0.15) is 0 Å². The Bertz CT molecular complexity index is 1450. The van der Waals surface area contributed by atoms with Gasteiger partial charge < -0.3 is 49.1 Å². The first-order valence-corrected chi connectivity index (χ1v) is 21.8. The molecule has 0 saturated heterocycles. The van der Waals surface area contributed by atoms with Crippen LogP contribution in [0.5, 0.6) is 0 Å².